The van der Waals surface area contributed by atoms with Crippen molar-refractivity contribution in [2.45, 2.75) is 19.3 Å². The van der Waals surface area contributed by atoms with E-state index in [4.69, 9.17) is 10.5 Å². The summed E-state index contributed by atoms with van der Waals surface area (Å²) in [5.74, 6) is -0.347. The van der Waals surface area contributed by atoms with Crippen LogP contribution in [0.4, 0.5) is 8.78 Å². The van der Waals surface area contributed by atoms with Gasteiger partial charge in [-0.15, -0.1) is 0 Å². The number of ether oxygens (including phenoxy) is 1. The van der Waals surface area contributed by atoms with Gasteiger partial charge < -0.3 is 10.5 Å². The molecule has 2 aromatic carbocycles. The second kappa shape index (κ2) is 8.75. The lowest BCUT2D eigenvalue weighted by Gasteiger charge is -2.38. The van der Waals surface area contributed by atoms with Crippen LogP contribution in [0.1, 0.15) is 30.4 Å². The first kappa shape index (κ1) is 20.8. The van der Waals surface area contributed by atoms with E-state index in [2.05, 4.69) is 17.9 Å². The number of nitrogens with two attached hydrogens (primary N) is 1. The molecule has 0 spiro atoms. The lowest BCUT2D eigenvalue weighted by atomic mass is 9.80. The van der Waals surface area contributed by atoms with E-state index < -0.39 is 5.92 Å². The predicted octanol–water partition coefficient (Wildman–Crippen LogP) is 4.84. The summed E-state index contributed by atoms with van der Waals surface area (Å²) in [7, 11) is 0. The summed E-state index contributed by atoms with van der Waals surface area (Å²) in [6.07, 6.45) is 2.93. The third kappa shape index (κ3) is 4.23. The number of nitriles is 1. The van der Waals surface area contributed by atoms with Crippen molar-refractivity contribution in [1.82, 2.24) is 4.90 Å². The fraction of sp³-hybridized carbons (Fsp3) is 0.240. The van der Waals surface area contributed by atoms with E-state index in [-0.39, 0.29) is 17.5 Å². The number of allylic oxidation sites excluding steroid dienone is 1. The zero-order valence-electron chi connectivity index (χ0n) is 17.2. The van der Waals surface area contributed by atoms with Crippen molar-refractivity contribution < 1.29 is 13.5 Å². The van der Waals surface area contributed by atoms with E-state index in [1.807, 2.05) is 6.08 Å². The number of rotatable bonds is 4. The highest BCUT2D eigenvalue weighted by Crippen LogP contribution is 2.43. The van der Waals surface area contributed by atoms with Gasteiger partial charge in [0, 0.05) is 18.7 Å². The van der Waals surface area contributed by atoms with E-state index >= 15 is 0 Å². The Morgan fingerprint density at radius 1 is 1.10 bits per heavy atom. The second-order valence-corrected chi connectivity index (χ2v) is 7.76. The molecule has 0 aliphatic carbocycles. The first-order valence-corrected chi connectivity index (χ1v) is 10.2. The number of hydrogen-bond acceptors (Lipinski definition) is 4. The van der Waals surface area contributed by atoms with Crippen LogP contribution in [0.25, 0.3) is 6.08 Å². The Kier molecular flexibility index (Phi) is 5.88. The molecule has 0 aromatic heterocycles. The van der Waals surface area contributed by atoms with Gasteiger partial charge in [-0.2, -0.15) is 5.26 Å². The molecule has 0 fully saturated rings. The van der Waals surface area contributed by atoms with Crippen molar-refractivity contribution in [3.63, 3.8) is 0 Å². The molecule has 31 heavy (non-hydrogen) atoms. The Labute approximate surface area is 180 Å². The summed E-state index contributed by atoms with van der Waals surface area (Å²) in [6.45, 7) is 4.25. The van der Waals surface area contributed by atoms with Gasteiger partial charge in [0.05, 0.1) is 5.92 Å². The summed E-state index contributed by atoms with van der Waals surface area (Å²) in [6, 6.07) is 14.6. The minimum absolute atomic E-state index is 0.0597. The first-order valence-electron chi connectivity index (χ1n) is 10.2. The molecule has 6 heteroatoms. The Bertz CT molecular complexity index is 1110. The Morgan fingerprint density at radius 2 is 1.74 bits per heavy atom. The van der Waals surface area contributed by atoms with Gasteiger partial charge in [-0.1, -0.05) is 31.2 Å². The van der Waals surface area contributed by atoms with Gasteiger partial charge in [0.1, 0.15) is 29.0 Å². The molecule has 1 atom stereocenters. The zero-order valence-corrected chi connectivity index (χ0v) is 17.2. The summed E-state index contributed by atoms with van der Waals surface area (Å²) < 4.78 is 32.9. The molecule has 4 rings (SSSR count). The molecule has 2 aliphatic rings. The number of benzene rings is 2. The summed E-state index contributed by atoms with van der Waals surface area (Å²) >= 11 is 0. The van der Waals surface area contributed by atoms with Crippen LogP contribution in [-0.2, 0) is 4.74 Å². The van der Waals surface area contributed by atoms with Crippen LogP contribution < -0.4 is 5.73 Å². The highest BCUT2D eigenvalue weighted by molar-refractivity contribution is 5.63. The van der Waals surface area contributed by atoms with E-state index in [0.717, 1.165) is 35.2 Å². The van der Waals surface area contributed by atoms with Crippen molar-refractivity contribution in [3.8, 4) is 6.07 Å². The van der Waals surface area contributed by atoms with Gasteiger partial charge in [0.2, 0.25) is 5.88 Å². The Morgan fingerprint density at radius 3 is 2.35 bits per heavy atom. The zero-order chi connectivity index (χ0) is 22.0. The topological polar surface area (TPSA) is 62.3 Å². The monoisotopic (exact) mass is 419 g/mol. The maximum Gasteiger partial charge on any atom is 0.205 e. The SMILES string of the molecule is CCCN1CC(=Cc2ccc(F)cc2)C2=C(C1)C(c1ccc(F)cc1)C(C#N)=C(N)O2. The summed E-state index contributed by atoms with van der Waals surface area (Å²) in [5, 5.41) is 9.81. The van der Waals surface area contributed by atoms with Crippen molar-refractivity contribution in [2.75, 3.05) is 19.6 Å². The first-order chi connectivity index (χ1) is 15.0. The molecule has 2 aliphatic heterocycles. The Hall–Kier alpha value is -3.43. The highest BCUT2D eigenvalue weighted by Gasteiger charge is 2.37. The molecule has 158 valence electrons. The number of hydrogen-bond donors (Lipinski definition) is 1. The molecule has 1 unspecified atom stereocenters. The van der Waals surface area contributed by atoms with Gasteiger partial charge >= 0.3 is 0 Å². The van der Waals surface area contributed by atoms with E-state index in [9.17, 15) is 14.0 Å². The molecule has 2 aromatic rings. The predicted molar refractivity (Wildman–Crippen MR) is 115 cm³/mol. The van der Waals surface area contributed by atoms with Gasteiger partial charge in [-0.05, 0) is 60.0 Å². The van der Waals surface area contributed by atoms with E-state index in [1.54, 1.807) is 24.3 Å². The second-order valence-electron chi connectivity index (χ2n) is 7.76. The summed E-state index contributed by atoms with van der Waals surface area (Å²) in [5.41, 5.74) is 9.95. The van der Waals surface area contributed by atoms with Crippen LogP contribution in [0, 0.1) is 23.0 Å². The van der Waals surface area contributed by atoms with Crippen LogP contribution in [0.3, 0.4) is 0 Å². The maximum absolute atomic E-state index is 13.6. The molecular weight excluding hydrogens is 396 g/mol. The maximum atomic E-state index is 13.6. The van der Waals surface area contributed by atoms with E-state index in [0.29, 0.717) is 24.4 Å². The number of nitrogens with zero attached hydrogens (tertiary/aromatic N) is 2. The molecular formula is C25H23F2N3O. The molecule has 0 saturated heterocycles. The third-order valence-corrected chi connectivity index (χ3v) is 5.56. The molecule has 2 heterocycles. The average Bonchev–Trinajstić information content (AvgIpc) is 2.76. The smallest absolute Gasteiger partial charge is 0.205 e. The Balaban J connectivity index is 1.85. The van der Waals surface area contributed by atoms with Gasteiger partial charge in [-0.3, -0.25) is 4.90 Å². The molecule has 4 nitrogen and oxygen atoms in total. The largest absolute Gasteiger partial charge is 0.440 e. The van der Waals surface area contributed by atoms with Gasteiger partial charge in [0.25, 0.3) is 0 Å². The van der Waals surface area contributed by atoms with Crippen LogP contribution in [0.5, 0.6) is 0 Å². The van der Waals surface area contributed by atoms with Crippen LogP contribution in [0.2, 0.25) is 0 Å². The quantitative estimate of drug-likeness (QED) is 0.771. The van der Waals surface area contributed by atoms with Crippen LogP contribution in [0.15, 0.2) is 76.9 Å². The van der Waals surface area contributed by atoms with Crippen LogP contribution in [-0.4, -0.2) is 24.5 Å². The van der Waals surface area contributed by atoms with E-state index in [1.165, 1.54) is 24.3 Å². The molecule has 0 bridgehead atoms. The van der Waals surface area contributed by atoms with Gasteiger partial charge in [-0.25, -0.2) is 8.78 Å². The fourth-order valence-corrected chi connectivity index (χ4v) is 4.21. The fourth-order valence-electron chi connectivity index (χ4n) is 4.21. The average molecular weight is 419 g/mol. The molecule has 0 saturated carbocycles. The summed E-state index contributed by atoms with van der Waals surface area (Å²) in [4.78, 5) is 2.28. The standard InChI is InChI=1S/C25H23F2N3O/c1-2-11-30-14-18(12-16-3-7-19(26)8-4-16)24-22(15-30)23(21(13-28)25(29)31-24)17-5-9-20(27)10-6-17/h3-10,12,23H,2,11,14-15,29H2,1H3. The highest BCUT2D eigenvalue weighted by atomic mass is 19.1. The number of halogens is 2. The van der Waals surface area contributed by atoms with Crippen molar-refractivity contribution in [3.05, 3.63) is 99.7 Å². The van der Waals surface area contributed by atoms with Crippen molar-refractivity contribution in [1.29, 1.82) is 5.26 Å². The van der Waals surface area contributed by atoms with Gasteiger partial charge in [0.15, 0.2) is 0 Å². The third-order valence-electron chi connectivity index (χ3n) is 5.56. The van der Waals surface area contributed by atoms with Crippen molar-refractivity contribution >= 4 is 6.08 Å². The lowest BCUT2D eigenvalue weighted by molar-refractivity contribution is 0.234. The minimum Gasteiger partial charge on any atom is -0.440 e. The molecule has 0 radical (unpaired) electrons. The minimum atomic E-state index is -0.411. The van der Waals surface area contributed by atoms with Crippen LogP contribution >= 0.6 is 0 Å². The molecule has 2 N–H and O–H groups in total. The molecule has 0 amide bonds. The van der Waals surface area contributed by atoms with Crippen molar-refractivity contribution in [2.24, 2.45) is 5.73 Å². The lowest BCUT2D eigenvalue weighted by Crippen LogP contribution is -2.38. The normalized spacial score (nSPS) is 20.5.